The molecule has 1 fully saturated rings. The minimum atomic E-state index is 0.315. The Kier molecular flexibility index (Phi) is 5.18. The van der Waals surface area contributed by atoms with E-state index in [-0.39, 0.29) is 0 Å². The van der Waals surface area contributed by atoms with Crippen molar-refractivity contribution in [3.8, 4) is 5.75 Å². The van der Waals surface area contributed by atoms with Gasteiger partial charge in [0.2, 0.25) is 0 Å². The molecule has 1 aromatic heterocycles. The molecule has 27 heavy (non-hydrogen) atoms. The third-order valence-corrected chi connectivity index (χ3v) is 5.47. The average molecular weight is 401 g/mol. The molecule has 2 heterocycles. The first kappa shape index (κ1) is 18.1. The highest BCUT2D eigenvalue weighted by molar-refractivity contribution is 7.80. The van der Waals surface area contributed by atoms with Crippen molar-refractivity contribution in [2.45, 2.75) is 18.8 Å². The summed E-state index contributed by atoms with van der Waals surface area (Å²) in [5, 5.41) is 4.77. The standard InChI is InChI=1S/C20H21ClN4OS/c1-26-16-6-2-5-15(11-16)22-20(27)25-9-3-4-13(12-25)19-23-17-8-7-14(21)10-18(17)24-19/h2,5-8,10-11,13H,3-4,9,12H2,1H3,(H,22,27)(H,23,24)/t13-/m1/s1. The summed E-state index contributed by atoms with van der Waals surface area (Å²) in [5.41, 5.74) is 2.86. The maximum absolute atomic E-state index is 6.09. The van der Waals surface area contributed by atoms with Gasteiger partial charge in [-0.3, -0.25) is 0 Å². The van der Waals surface area contributed by atoms with Crippen molar-refractivity contribution in [2.24, 2.45) is 0 Å². The predicted octanol–water partition coefficient (Wildman–Crippen LogP) is 4.80. The lowest BCUT2D eigenvalue weighted by atomic mass is 9.98. The number of aromatic nitrogens is 2. The number of benzene rings is 2. The number of thiocarbonyl (C=S) groups is 1. The molecule has 0 radical (unpaired) electrons. The molecule has 3 aromatic rings. The van der Waals surface area contributed by atoms with Gasteiger partial charge in [0.1, 0.15) is 11.6 Å². The second-order valence-electron chi connectivity index (χ2n) is 6.73. The summed E-state index contributed by atoms with van der Waals surface area (Å²) >= 11 is 11.7. The number of nitrogens with zero attached hydrogens (tertiary/aromatic N) is 2. The molecular formula is C20H21ClN4OS. The topological polar surface area (TPSA) is 53.2 Å². The van der Waals surface area contributed by atoms with Crippen LogP contribution in [-0.2, 0) is 0 Å². The normalized spacial score (nSPS) is 17.1. The van der Waals surface area contributed by atoms with E-state index in [1.807, 2.05) is 42.5 Å². The van der Waals surface area contributed by atoms with Crippen molar-refractivity contribution < 1.29 is 4.74 Å². The predicted molar refractivity (Wildman–Crippen MR) is 114 cm³/mol. The molecule has 0 bridgehead atoms. The Hall–Kier alpha value is -2.31. The van der Waals surface area contributed by atoms with Gasteiger partial charge in [0, 0.05) is 35.8 Å². The van der Waals surface area contributed by atoms with Gasteiger partial charge in [-0.2, -0.15) is 0 Å². The molecule has 0 unspecified atom stereocenters. The van der Waals surface area contributed by atoms with E-state index < -0.39 is 0 Å². The molecule has 7 heteroatoms. The molecular weight excluding hydrogens is 380 g/mol. The summed E-state index contributed by atoms with van der Waals surface area (Å²) in [5.74, 6) is 2.12. The molecule has 2 aromatic carbocycles. The quantitative estimate of drug-likeness (QED) is 0.618. The van der Waals surface area contributed by atoms with E-state index >= 15 is 0 Å². The van der Waals surface area contributed by atoms with Crippen LogP contribution in [0.25, 0.3) is 11.0 Å². The molecule has 0 saturated carbocycles. The van der Waals surface area contributed by atoms with Crippen molar-refractivity contribution in [2.75, 3.05) is 25.5 Å². The fourth-order valence-electron chi connectivity index (χ4n) is 3.48. The number of likely N-dealkylation sites (tertiary alicyclic amines) is 1. The molecule has 5 nitrogen and oxygen atoms in total. The number of anilines is 1. The Morgan fingerprint density at radius 2 is 2.22 bits per heavy atom. The minimum absolute atomic E-state index is 0.315. The smallest absolute Gasteiger partial charge is 0.173 e. The lowest BCUT2D eigenvalue weighted by molar-refractivity contribution is 0.307. The van der Waals surface area contributed by atoms with Gasteiger partial charge in [0.15, 0.2) is 5.11 Å². The molecule has 0 spiro atoms. The summed E-state index contributed by atoms with van der Waals surface area (Å²) in [6.07, 6.45) is 2.16. The van der Waals surface area contributed by atoms with E-state index in [0.717, 1.165) is 59.3 Å². The van der Waals surface area contributed by atoms with Crippen molar-refractivity contribution in [3.05, 3.63) is 53.3 Å². The van der Waals surface area contributed by atoms with E-state index in [1.54, 1.807) is 7.11 Å². The van der Waals surface area contributed by atoms with Gasteiger partial charge < -0.3 is 19.9 Å². The van der Waals surface area contributed by atoms with Gasteiger partial charge in [-0.1, -0.05) is 17.7 Å². The maximum Gasteiger partial charge on any atom is 0.173 e. The summed E-state index contributed by atoms with van der Waals surface area (Å²) in [7, 11) is 1.66. The Morgan fingerprint density at radius 1 is 1.33 bits per heavy atom. The monoisotopic (exact) mass is 400 g/mol. The van der Waals surface area contributed by atoms with Crippen LogP contribution in [0.5, 0.6) is 5.75 Å². The summed E-state index contributed by atoms with van der Waals surface area (Å²) in [6, 6.07) is 13.5. The number of H-pyrrole nitrogens is 1. The number of hydrogen-bond acceptors (Lipinski definition) is 3. The number of nitrogens with one attached hydrogen (secondary N) is 2. The molecule has 2 N–H and O–H groups in total. The zero-order valence-corrected chi connectivity index (χ0v) is 16.6. The molecule has 4 rings (SSSR count). The molecule has 1 atom stereocenters. The Bertz CT molecular complexity index is 974. The van der Waals surface area contributed by atoms with E-state index in [0.29, 0.717) is 10.9 Å². The lowest BCUT2D eigenvalue weighted by Crippen LogP contribution is -2.41. The van der Waals surface area contributed by atoms with Crippen molar-refractivity contribution in [1.29, 1.82) is 0 Å². The van der Waals surface area contributed by atoms with Crippen LogP contribution in [0.4, 0.5) is 5.69 Å². The summed E-state index contributed by atoms with van der Waals surface area (Å²) in [4.78, 5) is 10.4. The minimum Gasteiger partial charge on any atom is -0.497 e. The van der Waals surface area contributed by atoms with Crippen LogP contribution in [0.3, 0.4) is 0 Å². The SMILES string of the molecule is COc1cccc(NC(=S)N2CCC[C@@H](c3nc4ccc(Cl)cc4[nH]3)C2)c1. The molecule has 1 saturated heterocycles. The molecule has 0 amide bonds. The van der Waals surface area contributed by atoms with Gasteiger partial charge in [0.25, 0.3) is 0 Å². The third-order valence-electron chi connectivity index (χ3n) is 4.88. The van der Waals surface area contributed by atoms with E-state index in [9.17, 15) is 0 Å². The highest BCUT2D eigenvalue weighted by Gasteiger charge is 2.25. The number of halogens is 1. The van der Waals surface area contributed by atoms with Crippen LogP contribution in [-0.4, -0.2) is 40.2 Å². The van der Waals surface area contributed by atoms with Gasteiger partial charge >= 0.3 is 0 Å². The third kappa shape index (κ3) is 4.01. The second kappa shape index (κ2) is 7.74. The van der Waals surface area contributed by atoms with Crippen LogP contribution < -0.4 is 10.1 Å². The highest BCUT2D eigenvalue weighted by atomic mass is 35.5. The number of piperidine rings is 1. The second-order valence-corrected chi connectivity index (χ2v) is 7.55. The summed E-state index contributed by atoms with van der Waals surface area (Å²) in [6.45, 7) is 1.78. The first-order chi connectivity index (χ1) is 13.1. The first-order valence-corrected chi connectivity index (χ1v) is 9.76. The van der Waals surface area contributed by atoms with Crippen LogP contribution in [0, 0.1) is 0 Å². The Labute approximate surface area is 168 Å². The van der Waals surface area contributed by atoms with Crippen molar-refractivity contribution in [1.82, 2.24) is 14.9 Å². The van der Waals surface area contributed by atoms with Gasteiger partial charge in [-0.05, 0) is 55.4 Å². The number of aromatic amines is 1. The van der Waals surface area contributed by atoms with E-state index in [1.165, 1.54) is 0 Å². The molecule has 140 valence electrons. The van der Waals surface area contributed by atoms with E-state index in [4.69, 9.17) is 33.5 Å². The number of hydrogen-bond donors (Lipinski definition) is 2. The number of imidazole rings is 1. The first-order valence-electron chi connectivity index (χ1n) is 8.97. The zero-order chi connectivity index (χ0) is 18.8. The van der Waals surface area contributed by atoms with Crippen LogP contribution in [0.2, 0.25) is 5.02 Å². The molecule has 1 aliphatic rings. The van der Waals surface area contributed by atoms with E-state index in [2.05, 4.69) is 15.2 Å². The van der Waals surface area contributed by atoms with Crippen LogP contribution >= 0.6 is 23.8 Å². The van der Waals surface area contributed by atoms with Gasteiger partial charge in [-0.25, -0.2) is 4.98 Å². The number of methoxy groups -OCH3 is 1. The largest absolute Gasteiger partial charge is 0.497 e. The number of rotatable bonds is 3. The Morgan fingerprint density at radius 3 is 3.07 bits per heavy atom. The molecule has 0 aliphatic carbocycles. The van der Waals surface area contributed by atoms with Crippen molar-refractivity contribution in [3.63, 3.8) is 0 Å². The Balaban J connectivity index is 1.47. The van der Waals surface area contributed by atoms with Crippen LogP contribution in [0.1, 0.15) is 24.6 Å². The fourth-order valence-corrected chi connectivity index (χ4v) is 3.94. The average Bonchev–Trinajstić information content (AvgIpc) is 3.11. The van der Waals surface area contributed by atoms with Crippen LogP contribution in [0.15, 0.2) is 42.5 Å². The number of fused-ring (bicyclic) bond motifs is 1. The zero-order valence-electron chi connectivity index (χ0n) is 15.0. The maximum atomic E-state index is 6.09. The lowest BCUT2D eigenvalue weighted by Gasteiger charge is -2.33. The number of ether oxygens (including phenoxy) is 1. The summed E-state index contributed by atoms with van der Waals surface area (Å²) < 4.78 is 5.28. The van der Waals surface area contributed by atoms with Gasteiger partial charge in [0.05, 0.1) is 18.1 Å². The van der Waals surface area contributed by atoms with Crippen molar-refractivity contribution >= 4 is 45.7 Å². The van der Waals surface area contributed by atoms with Gasteiger partial charge in [-0.15, -0.1) is 0 Å². The highest BCUT2D eigenvalue weighted by Crippen LogP contribution is 2.28. The molecule has 1 aliphatic heterocycles. The fraction of sp³-hybridized carbons (Fsp3) is 0.300.